The lowest BCUT2D eigenvalue weighted by Crippen LogP contribution is -2.56. The van der Waals surface area contributed by atoms with Crippen molar-refractivity contribution in [2.45, 2.75) is 64.0 Å². The first kappa shape index (κ1) is 26.9. The van der Waals surface area contributed by atoms with Gasteiger partial charge in [0.25, 0.3) is 5.69 Å². The fraction of sp³-hybridized carbons (Fsp3) is 0.423. The number of hydrogen-bond acceptors (Lipinski definition) is 8. The van der Waals surface area contributed by atoms with Gasteiger partial charge in [0, 0.05) is 19.0 Å². The molecule has 0 spiro atoms. The highest BCUT2D eigenvalue weighted by Gasteiger charge is 2.46. The van der Waals surface area contributed by atoms with Gasteiger partial charge in [-0.1, -0.05) is 30.3 Å². The molecular weight excluding hydrogens is 496 g/mol. The maximum atomic E-state index is 13.4. The maximum Gasteiger partial charge on any atom is 0.410 e. The van der Waals surface area contributed by atoms with Gasteiger partial charge in [0.05, 0.1) is 17.0 Å². The molecule has 202 valence electrons. The van der Waals surface area contributed by atoms with Crippen molar-refractivity contribution in [1.29, 1.82) is 0 Å². The van der Waals surface area contributed by atoms with Crippen LogP contribution in [0.15, 0.2) is 42.5 Å². The van der Waals surface area contributed by atoms with Crippen LogP contribution in [0.1, 0.15) is 50.8 Å². The topological polar surface area (TPSA) is 160 Å². The van der Waals surface area contributed by atoms with E-state index in [-0.39, 0.29) is 29.3 Å². The molecular formula is C26H30N4O8. The second kappa shape index (κ2) is 10.7. The summed E-state index contributed by atoms with van der Waals surface area (Å²) in [5, 5.41) is 28.0. The molecule has 0 saturated carbocycles. The van der Waals surface area contributed by atoms with Crippen molar-refractivity contribution >= 4 is 29.3 Å². The molecule has 2 heterocycles. The quantitative estimate of drug-likeness (QED) is 0.382. The predicted molar refractivity (Wildman–Crippen MR) is 135 cm³/mol. The zero-order valence-corrected chi connectivity index (χ0v) is 21.3. The molecule has 12 heteroatoms. The Bertz CT molecular complexity index is 1250. The van der Waals surface area contributed by atoms with Gasteiger partial charge in [0.15, 0.2) is 0 Å². The summed E-state index contributed by atoms with van der Waals surface area (Å²) < 4.78 is 11.3. The molecule has 4 rings (SSSR count). The third kappa shape index (κ3) is 5.54. The van der Waals surface area contributed by atoms with E-state index in [2.05, 4.69) is 10.6 Å². The van der Waals surface area contributed by atoms with Crippen LogP contribution in [0, 0.1) is 10.1 Å². The largest absolute Gasteiger partial charge is 0.484 e. The summed E-state index contributed by atoms with van der Waals surface area (Å²) in [6, 6.07) is 9.80. The first-order chi connectivity index (χ1) is 18.0. The van der Waals surface area contributed by atoms with Crippen LogP contribution < -0.4 is 15.4 Å². The monoisotopic (exact) mass is 526 g/mol. The number of amides is 3. The molecule has 38 heavy (non-hydrogen) atoms. The maximum absolute atomic E-state index is 13.4. The lowest BCUT2D eigenvalue weighted by molar-refractivity contribution is -0.384. The molecule has 2 aliphatic heterocycles. The van der Waals surface area contributed by atoms with Gasteiger partial charge >= 0.3 is 6.09 Å². The van der Waals surface area contributed by atoms with Crippen LogP contribution in [-0.2, 0) is 20.9 Å². The summed E-state index contributed by atoms with van der Waals surface area (Å²) in [7, 11) is 0. The number of benzene rings is 2. The number of likely N-dealkylation sites (tertiary alicyclic amines) is 1. The Kier molecular flexibility index (Phi) is 7.53. The number of fused-ring (bicyclic) bond motifs is 1. The van der Waals surface area contributed by atoms with Crippen LogP contribution in [0.2, 0.25) is 0 Å². The number of ether oxygens (including phenoxy) is 2. The number of aliphatic hydroxyl groups is 1. The molecule has 1 saturated heterocycles. The van der Waals surface area contributed by atoms with E-state index in [0.29, 0.717) is 19.4 Å². The molecule has 0 bridgehead atoms. The minimum Gasteiger partial charge on any atom is -0.484 e. The number of anilines is 1. The number of nitro groups is 1. The Morgan fingerprint density at radius 2 is 1.95 bits per heavy atom. The summed E-state index contributed by atoms with van der Waals surface area (Å²) in [4.78, 5) is 50.2. The number of nitrogens with one attached hydrogen (secondary N) is 2. The average molecular weight is 527 g/mol. The van der Waals surface area contributed by atoms with Gasteiger partial charge in [0.2, 0.25) is 11.8 Å². The summed E-state index contributed by atoms with van der Waals surface area (Å²) in [5.74, 6) is -0.940. The smallest absolute Gasteiger partial charge is 0.410 e. The molecule has 3 amide bonds. The molecule has 2 aromatic rings. The normalized spacial score (nSPS) is 21.6. The van der Waals surface area contributed by atoms with Gasteiger partial charge in [-0.15, -0.1) is 0 Å². The van der Waals surface area contributed by atoms with Gasteiger partial charge in [-0.2, -0.15) is 0 Å². The van der Waals surface area contributed by atoms with Gasteiger partial charge in [-0.3, -0.25) is 24.6 Å². The van der Waals surface area contributed by atoms with Crippen molar-refractivity contribution in [3.05, 3.63) is 63.7 Å². The number of nitrogens with zero attached hydrogens (tertiary/aromatic N) is 2. The van der Waals surface area contributed by atoms with E-state index in [9.17, 15) is 29.6 Å². The number of carbonyl (C=O) groups is 3. The number of aliphatic hydroxyl groups excluding tert-OH is 1. The van der Waals surface area contributed by atoms with Crippen LogP contribution in [-0.4, -0.2) is 57.1 Å². The first-order valence-corrected chi connectivity index (χ1v) is 12.2. The van der Waals surface area contributed by atoms with Crippen molar-refractivity contribution in [2.75, 3.05) is 11.9 Å². The Labute approximate surface area is 219 Å². The van der Waals surface area contributed by atoms with E-state index in [1.807, 2.05) is 30.3 Å². The molecule has 3 atom stereocenters. The number of hydrogen-bond donors (Lipinski definition) is 3. The zero-order valence-electron chi connectivity index (χ0n) is 21.3. The van der Waals surface area contributed by atoms with E-state index in [4.69, 9.17) is 9.47 Å². The molecule has 0 aromatic heterocycles. The molecule has 2 unspecified atom stereocenters. The van der Waals surface area contributed by atoms with E-state index >= 15 is 0 Å². The molecule has 0 aliphatic carbocycles. The molecule has 0 radical (unpaired) electrons. The van der Waals surface area contributed by atoms with E-state index in [1.54, 1.807) is 13.8 Å². The van der Waals surface area contributed by atoms with Crippen LogP contribution in [0.3, 0.4) is 0 Å². The van der Waals surface area contributed by atoms with Gasteiger partial charge in [0.1, 0.15) is 35.8 Å². The molecule has 2 aromatic carbocycles. The van der Waals surface area contributed by atoms with Crippen LogP contribution in [0.5, 0.6) is 5.75 Å². The fourth-order valence-corrected chi connectivity index (χ4v) is 4.74. The van der Waals surface area contributed by atoms with Gasteiger partial charge in [-0.25, -0.2) is 4.79 Å². The highest BCUT2D eigenvalue weighted by molar-refractivity contribution is 5.92. The zero-order chi connectivity index (χ0) is 27.6. The molecule has 2 aliphatic rings. The van der Waals surface area contributed by atoms with Crippen molar-refractivity contribution < 1.29 is 33.9 Å². The molecule has 3 N–H and O–H groups in total. The Balaban J connectivity index is 1.57. The summed E-state index contributed by atoms with van der Waals surface area (Å²) in [5.41, 5.74) is -0.620. The first-order valence-electron chi connectivity index (χ1n) is 12.2. The SMILES string of the molecule is CC(=O)Nc1cc2c(cc1[N+](=O)[O-])OC(C)(C)C(O)C2NC(=O)[C@@H]1CCCN1C(=O)OCc1ccccc1. The second-order valence-corrected chi connectivity index (χ2v) is 9.87. The lowest BCUT2D eigenvalue weighted by atomic mass is 9.86. The van der Waals surface area contributed by atoms with E-state index in [0.717, 1.165) is 11.6 Å². The number of nitro benzene ring substituents is 1. The van der Waals surface area contributed by atoms with Crippen LogP contribution in [0.25, 0.3) is 0 Å². The summed E-state index contributed by atoms with van der Waals surface area (Å²) in [6.45, 7) is 4.80. The minimum atomic E-state index is -1.24. The highest BCUT2D eigenvalue weighted by atomic mass is 16.6. The Morgan fingerprint density at radius 1 is 1.24 bits per heavy atom. The third-order valence-corrected chi connectivity index (χ3v) is 6.66. The summed E-state index contributed by atoms with van der Waals surface area (Å²) in [6.07, 6.45) is -0.872. The van der Waals surface area contributed by atoms with Crippen molar-refractivity contribution in [3.63, 3.8) is 0 Å². The third-order valence-electron chi connectivity index (χ3n) is 6.66. The Morgan fingerprint density at radius 3 is 2.61 bits per heavy atom. The highest BCUT2D eigenvalue weighted by Crippen LogP contribution is 2.44. The number of carbonyl (C=O) groups excluding carboxylic acids is 3. The van der Waals surface area contributed by atoms with Crippen molar-refractivity contribution in [2.24, 2.45) is 0 Å². The van der Waals surface area contributed by atoms with E-state index < -0.39 is 46.6 Å². The van der Waals surface area contributed by atoms with Gasteiger partial charge in [-0.05, 0) is 38.3 Å². The Hall–Kier alpha value is -4.19. The van der Waals surface area contributed by atoms with Crippen LogP contribution >= 0.6 is 0 Å². The van der Waals surface area contributed by atoms with Crippen molar-refractivity contribution in [1.82, 2.24) is 10.2 Å². The lowest BCUT2D eigenvalue weighted by Gasteiger charge is -2.42. The average Bonchev–Trinajstić information content (AvgIpc) is 3.36. The van der Waals surface area contributed by atoms with Crippen molar-refractivity contribution in [3.8, 4) is 5.75 Å². The minimum absolute atomic E-state index is 0.0649. The van der Waals surface area contributed by atoms with E-state index in [1.165, 1.54) is 17.9 Å². The predicted octanol–water partition coefficient (Wildman–Crippen LogP) is 3.04. The van der Waals surface area contributed by atoms with Crippen LogP contribution in [0.4, 0.5) is 16.2 Å². The summed E-state index contributed by atoms with van der Waals surface area (Å²) >= 11 is 0. The molecule has 1 fully saturated rings. The van der Waals surface area contributed by atoms with Gasteiger partial charge < -0.3 is 25.2 Å². The number of rotatable bonds is 6. The standard InChI is InChI=1S/C26H30N4O8/c1-15(31)27-18-12-17-21(13-20(18)30(35)36)38-26(2,3)23(32)22(17)28-24(33)19-10-7-11-29(19)25(34)37-14-16-8-5-4-6-9-16/h4-6,8-9,12-13,19,22-23,32H,7,10-11,14H2,1-3H3,(H,27,31)(H,28,33)/t19-,22?,23?/m0/s1. The second-order valence-electron chi connectivity index (χ2n) is 9.87. The molecule has 12 nitrogen and oxygen atoms in total. The fourth-order valence-electron chi connectivity index (χ4n) is 4.74.